The molecule has 0 aliphatic carbocycles. The summed E-state index contributed by atoms with van der Waals surface area (Å²) in [7, 11) is 0. The molecule has 0 saturated carbocycles. The predicted molar refractivity (Wildman–Crippen MR) is 100 cm³/mol. The van der Waals surface area contributed by atoms with Gasteiger partial charge in [-0.05, 0) is 50.2 Å². The minimum absolute atomic E-state index is 0.702. The van der Waals surface area contributed by atoms with Crippen molar-refractivity contribution in [3.05, 3.63) is 60.1 Å². The molecule has 0 saturated heterocycles. The van der Waals surface area contributed by atoms with Crippen molar-refractivity contribution in [3.63, 3.8) is 0 Å². The Labute approximate surface area is 147 Å². The summed E-state index contributed by atoms with van der Waals surface area (Å²) in [5.41, 5.74) is 3.23. The molecular formula is C22H14O4. The second-order valence-corrected chi connectivity index (χ2v) is 6.79. The van der Waals surface area contributed by atoms with Gasteiger partial charge in [-0.1, -0.05) is 0 Å². The lowest BCUT2D eigenvalue weighted by molar-refractivity contribution is 0.562. The molecule has 0 spiro atoms. The summed E-state index contributed by atoms with van der Waals surface area (Å²) < 4.78 is 23.4. The molecule has 26 heavy (non-hydrogen) atoms. The molecule has 4 nitrogen and oxygen atoms in total. The van der Waals surface area contributed by atoms with Crippen LogP contribution in [0.15, 0.2) is 66.2 Å². The van der Waals surface area contributed by atoms with Gasteiger partial charge in [0, 0.05) is 33.7 Å². The molecule has 0 unspecified atom stereocenters. The van der Waals surface area contributed by atoms with Gasteiger partial charge in [0.25, 0.3) is 0 Å². The van der Waals surface area contributed by atoms with Gasteiger partial charge in [0.15, 0.2) is 11.5 Å². The molecule has 0 bridgehead atoms. The summed E-state index contributed by atoms with van der Waals surface area (Å²) in [4.78, 5) is 0. The summed E-state index contributed by atoms with van der Waals surface area (Å²) in [5, 5.41) is 4.20. The first-order valence-corrected chi connectivity index (χ1v) is 8.50. The Morgan fingerprint density at radius 3 is 1.27 bits per heavy atom. The van der Waals surface area contributed by atoms with Crippen LogP contribution in [0.2, 0.25) is 0 Å². The highest BCUT2D eigenvalue weighted by Crippen LogP contribution is 2.36. The molecule has 4 aromatic heterocycles. The normalized spacial score (nSPS) is 12.2. The van der Waals surface area contributed by atoms with E-state index in [1.807, 2.05) is 50.2 Å². The molecular weight excluding hydrogens is 328 g/mol. The van der Waals surface area contributed by atoms with Crippen LogP contribution >= 0.6 is 0 Å². The van der Waals surface area contributed by atoms with Crippen molar-refractivity contribution in [2.45, 2.75) is 13.8 Å². The number of hydrogen-bond acceptors (Lipinski definition) is 4. The van der Waals surface area contributed by atoms with Crippen molar-refractivity contribution in [1.29, 1.82) is 0 Å². The molecule has 0 N–H and O–H groups in total. The maximum atomic E-state index is 6.02. The fourth-order valence-corrected chi connectivity index (χ4v) is 3.66. The highest BCUT2D eigenvalue weighted by molar-refractivity contribution is 5.97. The van der Waals surface area contributed by atoms with Gasteiger partial charge in [0.05, 0.1) is 0 Å². The van der Waals surface area contributed by atoms with Crippen molar-refractivity contribution in [1.82, 2.24) is 0 Å². The molecule has 4 heteroatoms. The van der Waals surface area contributed by atoms with E-state index in [0.717, 1.165) is 55.4 Å². The van der Waals surface area contributed by atoms with Gasteiger partial charge in [0.2, 0.25) is 0 Å². The number of aryl methyl sites for hydroxylation is 2. The third-order valence-electron chi connectivity index (χ3n) is 4.80. The quantitative estimate of drug-likeness (QED) is 0.324. The fourth-order valence-electron chi connectivity index (χ4n) is 3.66. The molecule has 0 aliphatic rings. The van der Waals surface area contributed by atoms with Crippen molar-refractivity contribution < 1.29 is 17.7 Å². The second-order valence-electron chi connectivity index (χ2n) is 6.79. The largest absolute Gasteiger partial charge is 0.461 e. The molecule has 0 aliphatic heterocycles. The van der Waals surface area contributed by atoms with Crippen molar-refractivity contribution in [2.24, 2.45) is 0 Å². The summed E-state index contributed by atoms with van der Waals surface area (Å²) in [6.07, 6.45) is 0. The third kappa shape index (κ3) is 1.90. The minimum atomic E-state index is 0.702. The smallest absolute Gasteiger partial charge is 0.170 e. The van der Waals surface area contributed by atoms with Gasteiger partial charge in [-0.3, -0.25) is 0 Å². The van der Waals surface area contributed by atoms with E-state index in [1.54, 1.807) is 0 Å². The second kappa shape index (κ2) is 4.61. The summed E-state index contributed by atoms with van der Waals surface area (Å²) in [6, 6.07) is 16.1. The Kier molecular flexibility index (Phi) is 2.45. The maximum Gasteiger partial charge on any atom is 0.170 e. The summed E-state index contributed by atoms with van der Waals surface area (Å²) >= 11 is 0. The van der Waals surface area contributed by atoms with E-state index in [0.29, 0.717) is 11.5 Å². The molecule has 4 heterocycles. The van der Waals surface area contributed by atoms with E-state index in [1.165, 1.54) is 0 Å². The lowest BCUT2D eigenvalue weighted by atomic mass is 10.2. The van der Waals surface area contributed by atoms with Crippen LogP contribution in [-0.2, 0) is 0 Å². The first-order valence-electron chi connectivity index (χ1n) is 8.50. The predicted octanol–water partition coefficient (Wildman–Crippen LogP) is 6.96. The molecule has 2 aromatic carbocycles. The SMILES string of the molecule is Cc1cc2cc3cc(-c4cc5cc6cc(C)oc6cc5o4)oc3cc2o1. The standard InChI is InChI=1S/C22H14O4/c1-11-3-13-5-15-7-21(25-19(15)9-17(13)23-11)22-8-16-6-14-4-12(2)24-18(14)10-20(16)26-22/h3-10H,1-2H3. The van der Waals surface area contributed by atoms with Gasteiger partial charge in [-0.2, -0.15) is 0 Å². The zero-order chi connectivity index (χ0) is 17.4. The van der Waals surface area contributed by atoms with E-state index in [9.17, 15) is 0 Å². The van der Waals surface area contributed by atoms with Gasteiger partial charge < -0.3 is 17.7 Å². The van der Waals surface area contributed by atoms with Gasteiger partial charge in [0.1, 0.15) is 33.9 Å². The number of benzene rings is 2. The molecule has 0 amide bonds. The van der Waals surface area contributed by atoms with Crippen LogP contribution in [0.1, 0.15) is 11.5 Å². The average Bonchev–Trinajstić information content (AvgIpc) is 3.31. The number of rotatable bonds is 1. The van der Waals surface area contributed by atoms with E-state index < -0.39 is 0 Å². The number of furan rings is 4. The Hall–Kier alpha value is -3.40. The maximum absolute atomic E-state index is 6.02. The highest BCUT2D eigenvalue weighted by Gasteiger charge is 2.14. The van der Waals surface area contributed by atoms with E-state index in [4.69, 9.17) is 17.7 Å². The van der Waals surface area contributed by atoms with Gasteiger partial charge in [-0.25, -0.2) is 0 Å². The topological polar surface area (TPSA) is 52.6 Å². The van der Waals surface area contributed by atoms with Crippen LogP contribution in [0.5, 0.6) is 0 Å². The molecule has 0 atom stereocenters. The zero-order valence-electron chi connectivity index (χ0n) is 14.3. The molecule has 6 aromatic rings. The Bertz CT molecular complexity index is 1240. The Morgan fingerprint density at radius 2 is 0.808 bits per heavy atom. The lowest BCUT2D eigenvalue weighted by Gasteiger charge is -1.89. The van der Waals surface area contributed by atoms with Crippen molar-refractivity contribution in [2.75, 3.05) is 0 Å². The van der Waals surface area contributed by atoms with Crippen LogP contribution in [0, 0.1) is 13.8 Å². The Morgan fingerprint density at radius 1 is 0.423 bits per heavy atom. The van der Waals surface area contributed by atoms with Crippen molar-refractivity contribution in [3.8, 4) is 11.5 Å². The van der Waals surface area contributed by atoms with Crippen LogP contribution in [-0.4, -0.2) is 0 Å². The lowest BCUT2D eigenvalue weighted by Crippen LogP contribution is -1.63. The molecule has 126 valence electrons. The minimum Gasteiger partial charge on any atom is -0.461 e. The molecule has 0 radical (unpaired) electrons. The van der Waals surface area contributed by atoms with E-state index >= 15 is 0 Å². The van der Waals surface area contributed by atoms with Crippen LogP contribution < -0.4 is 0 Å². The summed E-state index contributed by atoms with van der Waals surface area (Å²) in [6.45, 7) is 3.89. The number of hydrogen-bond donors (Lipinski definition) is 0. The zero-order valence-corrected chi connectivity index (χ0v) is 14.3. The Balaban J connectivity index is 1.54. The summed E-state index contributed by atoms with van der Waals surface area (Å²) in [5.74, 6) is 3.19. The van der Waals surface area contributed by atoms with E-state index in [-0.39, 0.29) is 0 Å². The highest BCUT2D eigenvalue weighted by atomic mass is 16.4. The third-order valence-corrected chi connectivity index (χ3v) is 4.80. The van der Waals surface area contributed by atoms with Gasteiger partial charge in [-0.15, -0.1) is 0 Å². The first-order chi connectivity index (χ1) is 12.6. The monoisotopic (exact) mass is 342 g/mol. The fraction of sp³-hybridized carbons (Fsp3) is 0.0909. The first kappa shape index (κ1) is 13.8. The molecule has 0 fully saturated rings. The molecule has 6 rings (SSSR count). The number of fused-ring (bicyclic) bond motifs is 4. The average molecular weight is 342 g/mol. The van der Waals surface area contributed by atoms with Crippen LogP contribution in [0.3, 0.4) is 0 Å². The van der Waals surface area contributed by atoms with Crippen LogP contribution in [0.4, 0.5) is 0 Å². The van der Waals surface area contributed by atoms with Crippen molar-refractivity contribution >= 4 is 43.9 Å². The van der Waals surface area contributed by atoms with E-state index in [2.05, 4.69) is 12.1 Å². The van der Waals surface area contributed by atoms with Gasteiger partial charge >= 0.3 is 0 Å². The van der Waals surface area contributed by atoms with Crippen LogP contribution in [0.25, 0.3) is 55.4 Å².